The van der Waals surface area contributed by atoms with Crippen LogP contribution in [0.1, 0.15) is 153 Å². The summed E-state index contributed by atoms with van der Waals surface area (Å²) >= 11 is 0. The molecular weight excluding hydrogens is 849 g/mol. The maximum atomic E-state index is 13.1. The van der Waals surface area contributed by atoms with E-state index in [0.717, 1.165) is 37.1 Å². The lowest BCUT2D eigenvalue weighted by atomic mass is 10.0. The average Bonchev–Trinajstić information content (AvgIpc) is 3.32. The van der Waals surface area contributed by atoms with Crippen LogP contribution in [0.2, 0.25) is 0 Å². The number of rotatable bonds is 28. The molecule has 0 fully saturated rings. The molecule has 0 spiro atoms. The molecule has 5 rings (SSSR count). The number of carboxylic acids is 1. The standard InChI is InChI=1S/C55H64N2O10/c1-5-6-7-8-9-10-11-12-13-14-34-63-47-32-26-46(27-33-47)57-56-45-24-18-41(19-25-45)54(61)66-50-35-44(52(58)59)36-51(37-50)67-55(62)43-22-30-49(31-23-43)65-53(60)42-20-28-48(29-21-42)64-38-40(4)17-15-16-39(2)3/h18-33,35-37,39-40H,5-17,34,38H2,1-4H3,(H,58,59). The van der Waals surface area contributed by atoms with Gasteiger partial charge >= 0.3 is 23.9 Å². The van der Waals surface area contributed by atoms with Gasteiger partial charge in [-0.3, -0.25) is 0 Å². The first-order valence-electron chi connectivity index (χ1n) is 23.6. The Morgan fingerprint density at radius 2 is 0.881 bits per heavy atom. The van der Waals surface area contributed by atoms with Crippen LogP contribution in [0.4, 0.5) is 11.4 Å². The third kappa shape index (κ3) is 18.5. The minimum absolute atomic E-state index is 0.0945. The van der Waals surface area contributed by atoms with Crippen LogP contribution in [0.15, 0.2) is 125 Å². The molecule has 0 heterocycles. The van der Waals surface area contributed by atoms with Crippen molar-refractivity contribution in [1.29, 1.82) is 0 Å². The summed E-state index contributed by atoms with van der Waals surface area (Å²) in [5.74, 6) is -1.09. The lowest BCUT2D eigenvalue weighted by Gasteiger charge is -2.14. The molecule has 1 atom stereocenters. The number of carbonyl (C=O) groups excluding carboxylic acids is 3. The van der Waals surface area contributed by atoms with Gasteiger partial charge < -0.3 is 28.8 Å². The van der Waals surface area contributed by atoms with Crippen LogP contribution in [0.25, 0.3) is 0 Å². The van der Waals surface area contributed by atoms with E-state index in [1.54, 1.807) is 36.4 Å². The summed E-state index contributed by atoms with van der Waals surface area (Å²) in [6.07, 6.45) is 16.2. The Kier molecular flexibility index (Phi) is 21.1. The summed E-state index contributed by atoms with van der Waals surface area (Å²) in [7, 11) is 0. The van der Waals surface area contributed by atoms with Crippen LogP contribution in [0, 0.1) is 11.8 Å². The van der Waals surface area contributed by atoms with Crippen LogP contribution in [0.5, 0.6) is 28.7 Å². The van der Waals surface area contributed by atoms with Gasteiger partial charge in [-0.15, -0.1) is 0 Å². The van der Waals surface area contributed by atoms with Gasteiger partial charge in [-0.25, -0.2) is 19.2 Å². The number of ether oxygens (including phenoxy) is 5. The van der Waals surface area contributed by atoms with Gasteiger partial charge in [0.1, 0.15) is 28.7 Å². The van der Waals surface area contributed by atoms with E-state index < -0.39 is 23.9 Å². The number of nitrogens with zero attached hydrogens (tertiary/aromatic N) is 2. The normalized spacial score (nSPS) is 11.6. The number of esters is 3. The Labute approximate surface area is 394 Å². The molecule has 0 saturated carbocycles. The van der Waals surface area contributed by atoms with Crippen LogP contribution >= 0.6 is 0 Å². The topological polar surface area (TPSA) is 159 Å². The van der Waals surface area contributed by atoms with Gasteiger partial charge in [0.05, 0.1) is 46.8 Å². The van der Waals surface area contributed by atoms with Gasteiger partial charge in [-0.1, -0.05) is 98.3 Å². The fraction of sp³-hybridized carbons (Fsp3) is 0.382. The predicted molar refractivity (Wildman–Crippen MR) is 259 cm³/mol. The summed E-state index contributed by atoms with van der Waals surface area (Å²) in [6, 6.07) is 29.5. The molecule has 0 radical (unpaired) electrons. The highest BCUT2D eigenvalue weighted by atomic mass is 16.5. The molecule has 354 valence electrons. The molecule has 0 saturated heterocycles. The number of azo groups is 1. The van der Waals surface area contributed by atoms with Crippen molar-refractivity contribution in [2.24, 2.45) is 22.1 Å². The molecule has 5 aromatic rings. The van der Waals surface area contributed by atoms with E-state index in [1.807, 2.05) is 24.3 Å². The molecular formula is C55H64N2O10. The zero-order valence-electron chi connectivity index (χ0n) is 39.2. The molecule has 5 aromatic carbocycles. The zero-order valence-corrected chi connectivity index (χ0v) is 39.2. The van der Waals surface area contributed by atoms with Crippen molar-refractivity contribution in [1.82, 2.24) is 0 Å². The van der Waals surface area contributed by atoms with Crippen molar-refractivity contribution in [2.45, 2.75) is 111 Å². The van der Waals surface area contributed by atoms with E-state index in [9.17, 15) is 24.3 Å². The van der Waals surface area contributed by atoms with E-state index in [-0.39, 0.29) is 33.9 Å². The van der Waals surface area contributed by atoms with Gasteiger partial charge in [-0.2, -0.15) is 10.2 Å². The van der Waals surface area contributed by atoms with Crippen molar-refractivity contribution >= 4 is 35.3 Å². The number of hydrogen-bond acceptors (Lipinski definition) is 11. The Hall–Kier alpha value is -6.82. The van der Waals surface area contributed by atoms with E-state index >= 15 is 0 Å². The molecule has 0 aliphatic rings. The highest BCUT2D eigenvalue weighted by Gasteiger charge is 2.17. The Balaban J connectivity index is 1.06. The maximum Gasteiger partial charge on any atom is 0.343 e. The minimum Gasteiger partial charge on any atom is -0.494 e. The van der Waals surface area contributed by atoms with Gasteiger partial charge in [0.15, 0.2) is 0 Å². The lowest BCUT2D eigenvalue weighted by molar-refractivity contribution is 0.0679. The van der Waals surface area contributed by atoms with Gasteiger partial charge in [0.2, 0.25) is 0 Å². The number of unbranched alkanes of at least 4 members (excludes halogenated alkanes) is 9. The SMILES string of the molecule is CCCCCCCCCCCCOc1ccc(N=Nc2ccc(C(=O)Oc3cc(OC(=O)c4ccc(OC(=O)c5ccc(OCC(C)CCCC(C)C)cc5)cc4)cc(C(=O)O)c3)cc2)cc1. The highest BCUT2D eigenvalue weighted by molar-refractivity contribution is 5.95. The van der Waals surface area contributed by atoms with Crippen molar-refractivity contribution in [3.63, 3.8) is 0 Å². The molecule has 0 aliphatic heterocycles. The average molecular weight is 913 g/mol. The molecule has 0 aliphatic carbocycles. The fourth-order valence-electron chi connectivity index (χ4n) is 7.02. The van der Waals surface area contributed by atoms with Crippen LogP contribution in [0.3, 0.4) is 0 Å². The molecule has 67 heavy (non-hydrogen) atoms. The first kappa shape index (κ1) is 51.2. The summed E-state index contributed by atoms with van der Waals surface area (Å²) in [5, 5.41) is 18.3. The lowest BCUT2D eigenvalue weighted by Crippen LogP contribution is -2.12. The van der Waals surface area contributed by atoms with Gasteiger partial charge in [0, 0.05) is 6.07 Å². The minimum atomic E-state index is -1.33. The Bertz CT molecular complexity index is 2340. The largest absolute Gasteiger partial charge is 0.494 e. The second kappa shape index (κ2) is 27.6. The van der Waals surface area contributed by atoms with Crippen molar-refractivity contribution in [3.05, 3.63) is 138 Å². The molecule has 12 heteroatoms. The van der Waals surface area contributed by atoms with Crippen molar-refractivity contribution in [2.75, 3.05) is 13.2 Å². The quantitative estimate of drug-likeness (QED) is 0.0221. The van der Waals surface area contributed by atoms with Crippen molar-refractivity contribution < 1.29 is 48.0 Å². The third-order valence-electron chi connectivity index (χ3n) is 10.9. The number of hydrogen-bond donors (Lipinski definition) is 1. The van der Waals surface area contributed by atoms with E-state index in [2.05, 4.69) is 37.9 Å². The third-order valence-corrected chi connectivity index (χ3v) is 10.9. The number of carboxylic acid groups (broad SMARTS) is 1. The fourth-order valence-corrected chi connectivity index (χ4v) is 7.02. The smallest absolute Gasteiger partial charge is 0.343 e. The number of carbonyl (C=O) groups is 4. The van der Waals surface area contributed by atoms with E-state index in [1.165, 1.54) is 107 Å². The first-order valence-corrected chi connectivity index (χ1v) is 23.6. The van der Waals surface area contributed by atoms with Crippen LogP contribution in [-0.4, -0.2) is 42.2 Å². The van der Waals surface area contributed by atoms with Gasteiger partial charge in [0.25, 0.3) is 0 Å². The summed E-state index contributed by atoms with van der Waals surface area (Å²) in [6.45, 7) is 10.1. The van der Waals surface area contributed by atoms with Gasteiger partial charge in [-0.05, 0) is 134 Å². The van der Waals surface area contributed by atoms with E-state index in [4.69, 9.17) is 23.7 Å². The van der Waals surface area contributed by atoms with Crippen LogP contribution in [-0.2, 0) is 0 Å². The van der Waals surface area contributed by atoms with E-state index in [0.29, 0.717) is 47.7 Å². The first-order chi connectivity index (χ1) is 32.4. The highest BCUT2D eigenvalue weighted by Crippen LogP contribution is 2.27. The molecule has 1 N–H and O–H groups in total. The Morgan fingerprint density at radius 1 is 0.463 bits per heavy atom. The molecule has 0 bridgehead atoms. The monoisotopic (exact) mass is 912 g/mol. The maximum absolute atomic E-state index is 13.1. The summed E-state index contributed by atoms with van der Waals surface area (Å²) in [5.41, 5.74) is 1.45. The number of aromatic carboxylic acids is 1. The second-order valence-corrected chi connectivity index (χ2v) is 17.2. The molecule has 1 unspecified atom stereocenters. The molecule has 0 aromatic heterocycles. The molecule has 12 nitrogen and oxygen atoms in total. The predicted octanol–water partition coefficient (Wildman–Crippen LogP) is 14.6. The number of benzene rings is 5. The second-order valence-electron chi connectivity index (χ2n) is 17.2. The van der Waals surface area contributed by atoms with Crippen molar-refractivity contribution in [3.8, 4) is 28.7 Å². The Morgan fingerprint density at radius 3 is 1.37 bits per heavy atom. The van der Waals surface area contributed by atoms with Crippen LogP contribution < -0.4 is 23.7 Å². The molecule has 0 amide bonds. The summed E-state index contributed by atoms with van der Waals surface area (Å²) < 4.78 is 28.3. The summed E-state index contributed by atoms with van der Waals surface area (Å²) in [4.78, 5) is 51.0. The zero-order chi connectivity index (χ0) is 47.8.